The van der Waals surface area contributed by atoms with E-state index in [9.17, 15) is 14.4 Å². The summed E-state index contributed by atoms with van der Waals surface area (Å²) in [4.78, 5) is 32.9. The van der Waals surface area contributed by atoms with E-state index in [2.05, 4.69) is 6.55 Å². The Bertz CT molecular complexity index is 820. The molecule has 27 heavy (non-hydrogen) atoms. The molecule has 144 valence electrons. The molecule has 2 aromatic carbocycles. The van der Waals surface area contributed by atoms with Crippen molar-refractivity contribution in [1.82, 2.24) is 0 Å². The zero-order chi connectivity index (χ0) is 20.0. The number of aliphatic carboxylic acids is 2. The molecule has 3 N–H and O–H groups in total. The minimum absolute atomic E-state index is 0.0256. The predicted octanol–water partition coefficient (Wildman–Crippen LogP) is 1.48. The van der Waals surface area contributed by atoms with E-state index in [-0.39, 0.29) is 12.8 Å². The molecule has 5 nitrogen and oxygen atoms in total. The minimum Gasteiger partial charge on any atom is -0.481 e. The largest absolute Gasteiger partial charge is 0.481 e. The normalized spacial score (nSPS) is 14.3. The van der Waals surface area contributed by atoms with Gasteiger partial charge in [0.2, 0.25) is 8.32 Å². The van der Waals surface area contributed by atoms with Crippen molar-refractivity contribution >= 4 is 39.4 Å². The molecular weight excluding hydrogens is 376 g/mol. The first kappa shape index (κ1) is 21.1. The van der Waals surface area contributed by atoms with Crippen LogP contribution in [0, 0.1) is 0 Å². The van der Waals surface area contributed by atoms with Crippen molar-refractivity contribution in [3.05, 3.63) is 59.7 Å². The highest BCUT2D eigenvalue weighted by Gasteiger charge is 2.28. The summed E-state index contributed by atoms with van der Waals surface area (Å²) >= 11 is 0. The first-order chi connectivity index (χ1) is 12.7. The van der Waals surface area contributed by atoms with Crippen LogP contribution in [0.3, 0.4) is 0 Å². The molecule has 0 heterocycles. The second-order valence-corrected chi connectivity index (χ2v) is 14.0. The fraction of sp³-hybridized carbons (Fsp3) is 0.300. The van der Waals surface area contributed by atoms with Crippen molar-refractivity contribution in [3.8, 4) is 0 Å². The lowest BCUT2D eigenvalue weighted by atomic mass is 10.2. The van der Waals surface area contributed by atoms with Crippen molar-refractivity contribution in [1.29, 1.82) is 0 Å². The summed E-state index contributed by atoms with van der Waals surface area (Å²) in [6.07, 6.45) is -0.0162. The van der Waals surface area contributed by atoms with Gasteiger partial charge in [0.25, 0.3) is 0 Å². The minimum atomic E-state index is -2.65. The van der Waals surface area contributed by atoms with Crippen LogP contribution >= 0.6 is 0 Å². The van der Waals surface area contributed by atoms with Crippen molar-refractivity contribution < 1.29 is 24.6 Å². The summed E-state index contributed by atoms with van der Waals surface area (Å²) in [5.41, 5.74) is 1.52. The molecule has 2 unspecified atom stereocenters. The van der Waals surface area contributed by atoms with Gasteiger partial charge in [-0.1, -0.05) is 66.3 Å². The summed E-state index contributed by atoms with van der Waals surface area (Å²) in [6, 6.07) is 16.7. The Hall–Kier alpha value is -2.23. The van der Waals surface area contributed by atoms with Crippen molar-refractivity contribution in [3.63, 3.8) is 0 Å². The van der Waals surface area contributed by atoms with Gasteiger partial charge in [-0.3, -0.25) is 9.59 Å². The van der Waals surface area contributed by atoms with Gasteiger partial charge in [-0.05, 0) is 28.9 Å². The van der Waals surface area contributed by atoms with Crippen LogP contribution in [-0.2, 0) is 22.4 Å². The third-order valence-corrected chi connectivity index (χ3v) is 10.9. The second kappa shape index (κ2) is 9.12. The zero-order valence-electron chi connectivity index (χ0n) is 15.7. The van der Waals surface area contributed by atoms with Gasteiger partial charge in [-0.15, -0.1) is 0 Å². The quantitative estimate of drug-likeness (QED) is 0.552. The zero-order valence-corrected chi connectivity index (χ0v) is 17.8. The van der Waals surface area contributed by atoms with Crippen LogP contribution in [0.15, 0.2) is 48.5 Å². The lowest BCUT2D eigenvalue weighted by Crippen LogP contribution is -2.46. The molecule has 0 saturated heterocycles. The van der Waals surface area contributed by atoms with E-state index in [1.54, 1.807) is 6.07 Å². The van der Waals surface area contributed by atoms with Crippen LogP contribution in [0.2, 0.25) is 25.2 Å². The van der Waals surface area contributed by atoms with E-state index in [1.807, 2.05) is 49.0 Å². The number of rotatable bonds is 9. The SMILES string of the molecule is C[SiH](CC[Si](C)(O)c1cccc(CC(=O)O)c1)c1cccc(CC(=O)O)c1. The summed E-state index contributed by atoms with van der Waals surface area (Å²) in [5, 5.41) is 20.0. The molecular formula is C20H26O5Si2. The van der Waals surface area contributed by atoms with Crippen LogP contribution in [0.1, 0.15) is 11.1 Å². The summed E-state index contributed by atoms with van der Waals surface area (Å²) in [7, 11) is -3.95. The Balaban J connectivity index is 2.06. The molecule has 0 fully saturated rings. The topological polar surface area (TPSA) is 94.8 Å². The van der Waals surface area contributed by atoms with Gasteiger partial charge in [0, 0.05) is 0 Å². The Kier molecular flexibility index (Phi) is 7.12. The Morgan fingerprint density at radius 3 is 2.11 bits per heavy atom. The maximum atomic E-state index is 11.0. The van der Waals surface area contributed by atoms with E-state index in [4.69, 9.17) is 10.2 Å². The van der Waals surface area contributed by atoms with Crippen LogP contribution in [0.4, 0.5) is 0 Å². The number of carbonyl (C=O) groups is 2. The van der Waals surface area contributed by atoms with Crippen molar-refractivity contribution in [2.45, 2.75) is 38.0 Å². The molecule has 2 atom stereocenters. The number of carboxylic acids is 2. The van der Waals surface area contributed by atoms with Gasteiger partial charge in [0.05, 0.1) is 21.6 Å². The molecule has 0 aliphatic rings. The molecule has 0 aromatic heterocycles. The highest BCUT2D eigenvalue weighted by molar-refractivity contribution is 6.86. The lowest BCUT2D eigenvalue weighted by molar-refractivity contribution is -0.137. The van der Waals surface area contributed by atoms with E-state index in [0.717, 1.165) is 16.8 Å². The first-order valence-electron chi connectivity index (χ1n) is 9.01. The average molecular weight is 403 g/mol. The summed E-state index contributed by atoms with van der Waals surface area (Å²) < 4.78 is 0. The fourth-order valence-corrected chi connectivity index (χ4v) is 9.68. The average Bonchev–Trinajstić information content (AvgIpc) is 2.59. The molecule has 0 aliphatic carbocycles. The number of hydrogen-bond acceptors (Lipinski definition) is 3. The monoisotopic (exact) mass is 402 g/mol. The number of benzene rings is 2. The summed E-state index contributed by atoms with van der Waals surface area (Å²) in [6.45, 7) is 4.11. The van der Waals surface area contributed by atoms with E-state index < -0.39 is 29.1 Å². The smallest absolute Gasteiger partial charge is 0.307 e. The van der Waals surface area contributed by atoms with Crippen molar-refractivity contribution in [2.75, 3.05) is 0 Å². The fourth-order valence-electron chi connectivity index (χ4n) is 3.18. The van der Waals surface area contributed by atoms with Gasteiger partial charge in [-0.2, -0.15) is 0 Å². The first-order valence-corrected chi connectivity index (χ1v) is 14.2. The standard InChI is InChI=1S/C20H26O5Si2/c1-26(17-7-3-5-15(11-17)13-19(21)22)9-10-27(2,25)18-8-4-6-16(12-18)14-20(23)24/h3-8,11-12,25-26H,9-10,13-14H2,1-2H3,(H,21,22)(H,23,24). The Morgan fingerprint density at radius 1 is 0.963 bits per heavy atom. The maximum Gasteiger partial charge on any atom is 0.307 e. The molecule has 2 rings (SSSR count). The molecule has 0 aliphatic heterocycles. The second-order valence-electron chi connectivity index (χ2n) is 7.30. The number of hydrogen-bond donors (Lipinski definition) is 3. The lowest BCUT2D eigenvalue weighted by Gasteiger charge is -2.23. The third kappa shape index (κ3) is 6.46. The third-order valence-electron chi connectivity index (χ3n) is 4.84. The van der Waals surface area contributed by atoms with E-state index in [0.29, 0.717) is 11.6 Å². The van der Waals surface area contributed by atoms with Gasteiger partial charge < -0.3 is 15.0 Å². The molecule has 2 aromatic rings. The van der Waals surface area contributed by atoms with Crippen LogP contribution < -0.4 is 10.4 Å². The van der Waals surface area contributed by atoms with Gasteiger partial charge in [0.1, 0.15) is 0 Å². The van der Waals surface area contributed by atoms with Crippen LogP contribution in [0.5, 0.6) is 0 Å². The molecule has 7 heteroatoms. The van der Waals surface area contributed by atoms with Gasteiger partial charge >= 0.3 is 11.9 Å². The van der Waals surface area contributed by atoms with E-state index >= 15 is 0 Å². The van der Waals surface area contributed by atoms with Crippen molar-refractivity contribution in [2.24, 2.45) is 0 Å². The molecule has 0 spiro atoms. The molecule has 0 amide bonds. The highest BCUT2D eigenvalue weighted by Crippen LogP contribution is 2.14. The van der Waals surface area contributed by atoms with Gasteiger partial charge in [0.15, 0.2) is 0 Å². The number of carboxylic acid groups (broad SMARTS) is 2. The van der Waals surface area contributed by atoms with Crippen LogP contribution in [0.25, 0.3) is 0 Å². The molecule has 0 radical (unpaired) electrons. The van der Waals surface area contributed by atoms with Crippen LogP contribution in [-0.4, -0.2) is 44.1 Å². The molecule has 0 bridgehead atoms. The Morgan fingerprint density at radius 2 is 1.52 bits per heavy atom. The predicted molar refractivity (Wildman–Crippen MR) is 111 cm³/mol. The molecule has 0 saturated carbocycles. The Labute approximate surface area is 162 Å². The van der Waals surface area contributed by atoms with Gasteiger partial charge in [-0.25, -0.2) is 0 Å². The summed E-state index contributed by atoms with van der Waals surface area (Å²) in [5.74, 6) is -1.71. The highest BCUT2D eigenvalue weighted by atomic mass is 28.4. The maximum absolute atomic E-state index is 11.0. The van der Waals surface area contributed by atoms with E-state index in [1.165, 1.54) is 5.19 Å².